The number of carbonyl (C=O) groups is 1. The van der Waals surface area contributed by atoms with Gasteiger partial charge in [0, 0.05) is 7.05 Å². The minimum atomic E-state index is -0.00278. The summed E-state index contributed by atoms with van der Waals surface area (Å²) in [6.45, 7) is 4.11. The predicted molar refractivity (Wildman–Crippen MR) is 73.6 cm³/mol. The predicted octanol–water partition coefficient (Wildman–Crippen LogP) is 1.82. The Kier molecular flexibility index (Phi) is 4.37. The molecule has 0 bridgehead atoms. The first kappa shape index (κ1) is 13.1. The van der Waals surface area contributed by atoms with Crippen LogP contribution in [-0.2, 0) is 4.79 Å². The maximum Gasteiger partial charge on any atom is 0.227 e. The van der Waals surface area contributed by atoms with Crippen LogP contribution in [0.15, 0.2) is 24.3 Å². The third-order valence-electron chi connectivity index (χ3n) is 3.79. The van der Waals surface area contributed by atoms with Crippen molar-refractivity contribution in [3.8, 4) is 0 Å². The first-order valence-corrected chi connectivity index (χ1v) is 6.71. The summed E-state index contributed by atoms with van der Waals surface area (Å²) >= 11 is 0. The molecule has 1 aliphatic rings. The Hall–Kier alpha value is -1.35. The molecule has 0 saturated carbocycles. The Labute approximate surface area is 109 Å². The number of aryl methyl sites for hydroxylation is 1. The minimum absolute atomic E-state index is 0.00278. The molecule has 3 heteroatoms. The van der Waals surface area contributed by atoms with E-state index in [1.807, 2.05) is 6.07 Å². The van der Waals surface area contributed by atoms with Crippen LogP contribution in [0.1, 0.15) is 29.9 Å². The van der Waals surface area contributed by atoms with Crippen LogP contribution in [0.4, 0.5) is 0 Å². The van der Waals surface area contributed by atoms with Gasteiger partial charge in [-0.05, 0) is 44.3 Å². The fourth-order valence-electron chi connectivity index (χ4n) is 2.83. The Morgan fingerprint density at radius 1 is 1.39 bits per heavy atom. The SMILES string of the molecule is CNC(=O)C(c1cccc(C)c1)C1CCNCC1. The van der Waals surface area contributed by atoms with E-state index in [0.717, 1.165) is 31.5 Å². The molecule has 1 aromatic carbocycles. The Bertz CT molecular complexity index is 411. The van der Waals surface area contributed by atoms with Gasteiger partial charge in [0.15, 0.2) is 0 Å². The zero-order valence-corrected chi connectivity index (χ0v) is 11.2. The molecule has 0 radical (unpaired) electrons. The molecule has 1 saturated heterocycles. The maximum absolute atomic E-state index is 12.2. The number of benzene rings is 1. The second kappa shape index (κ2) is 6.01. The van der Waals surface area contributed by atoms with Crippen molar-refractivity contribution in [2.75, 3.05) is 20.1 Å². The fraction of sp³-hybridized carbons (Fsp3) is 0.533. The van der Waals surface area contributed by atoms with E-state index in [4.69, 9.17) is 0 Å². The molecule has 2 N–H and O–H groups in total. The monoisotopic (exact) mass is 246 g/mol. The lowest BCUT2D eigenvalue weighted by Crippen LogP contribution is -2.37. The molecule has 18 heavy (non-hydrogen) atoms. The molecule has 1 aliphatic heterocycles. The highest BCUT2D eigenvalue weighted by Gasteiger charge is 2.30. The average molecular weight is 246 g/mol. The Morgan fingerprint density at radius 2 is 2.11 bits per heavy atom. The highest BCUT2D eigenvalue weighted by atomic mass is 16.1. The smallest absolute Gasteiger partial charge is 0.227 e. The van der Waals surface area contributed by atoms with Crippen molar-refractivity contribution in [1.29, 1.82) is 0 Å². The molecule has 3 nitrogen and oxygen atoms in total. The second-order valence-corrected chi connectivity index (χ2v) is 5.09. The number of amides is 1. The molecule has 1 unspecified atom stereocenters. The van der Waals surface area contributed by atoms with Gasteiger partial charge < -0.3 is 10.6 Å². The van der Waals surface area contributed by atoms with Gasteiger partial charge in [0.05, 0.1) is 5.92 Å². The summed E-state index contributed by atoms with van der Waals surface area (Å²) in [5, 5.41) is 6.18. The number of rotatable bonds is 3. The Morgan fingerprint density at radius 3 is 2.72 bits per heavy atom. The third kappa shape index (κ3) is 2.91. The molecule has 1 atom stereocenters. The summed E-state index contributed by atoms with van der Waals surface area (Å²) < 4.78 is 0. The Balaban J connectivity index is 2.26. The summed E-state index contributed by atoms with van der Waals surface area (Å²) in [4.78, 5) is 12.2. The lowest BCUT2D eigenvalue weighted by Gasteiger charge is -2.30. The van der Waals surface area contributed by atoms with Crippen LogP contribution in [0, 0.1) is 12.8 Å². The first-order valence-electron chi connectivity index (χ1n) is 6.71. The van der Waals surface area contributed by atoms with Gasteiger partial charge in [0.25, 0.3) is 0 Å². The van der Waals surface area contributed by atoms with E-state index in [2.05, 4.69) is 35.8 Å². The van der Waals surface area contributed by atoms with E-state index in [0.29, 0.717) is 5.92 Å². The first-order chi connectivity index (χ1) is 8.72. The van der Waals surface area contributed by atoms with Gasteiger partial charge in [0.2, 0.25) is 5.91 Å². The second-order valence-electron chi connectivity index (χ2n) is 5.09. The van der Waals surface area contributed by atoms with E-state index >= 15 is 0 Å². The van der Waals surface area contributed by atoms with Crippen molar-refractivity contribution >= 4 is 5.91 Å². The topological polar surface area (TPSA) is 41.1 Å². The summed E-state index contributed by atoms with van der Waals surface area (Å²) in [6.07, 6.45) is 2.15. The summed E-state index contributed by atoms with van der Waals surface area (Å²) in [7, 11) is 1.73. The highest BCUT2D eigenvalue weighted by Crippen LogP contribution is 2.31. The van der Waals surface area contributed by atoms with Crippen LogP contribution < -0.4 is 10.6 Å². The van der Waals surface area contributed by atoms with E-state index in [9.17, 15) is 4.79 Å². The van der Waals surface area contributed by atoms with Gasteiger partial charge >= 0.3 is 0 Å². The summed E-state index contributed by atoms with van der Waals surface area (Å²) in [5.41, 5.74) is 2.37. The quantitative estimate of drug-likeness (QED) is 0.854. The van der Waals surface area contributed by atoms with E-state index < -0.39 is 0 Å². The summed E-state index contributed by atoms with van der Waals surface area (Å²) in [6, 6.07) is 8.34. The van der Waals surface area contributed by atoms with Crippen molar-refractivity contribution in [3.63, 3.8) is 0 Å². The van der Waals surface area contributed by atoms with Crippen LogP contribution in [0.2, 0.25) is 0 Å². The molecular weight excluding hydrogens is 224 g/mol. The average Bonchev–Trinajstić information content (AvgIpc) is 2.40. The van der Waals surface area contributed by atoms with Gasteiger partial charge in [-0.1, -0.05) is 29.8 Å². The van der Waals surface area contributed by atoms with Gasteiger partial charge in [-0.25, -0.2) is 0 Å². The van der Waals surface area contributed by atoms with Crippen molar-refractivity contribution < 1.29 is 4.79 Å². The zero-order valence-electron chi connectivity index (χ0n) is 11.2. The van der Waals surface area contributed by atoms with Gasteiger partial charge in [-0.3, -0.25) is 4.79 Å². The molecule has 1 heterocycles. The maximum atomic E-state index is 12.2. The van der Waals surface area contributed by atoms with Crippen LogP contribution in [0.25, 0.3) is 0 Å². The van der Waals surface area contributed by atoms with Crippen LogP contribution in [-0.4, -0.2) is 26.0 Å². The van der Waals surface area contributed by atoms with Gasteiger partial charge in [0.1, 0.15) is 0 Å². The number of hydrogen-bond donors (Lipinski definition) is 2. The highest BCUT2D eigenvalue weighted by molar-refractivity contribution is 5.83. The standard InChI is InChI=1S/C15H22N2O/c1-11-4-3-5-13(10-11)14(15(18)16-2)12-6-8-17-9-7-12/h3-5,10,12,14,17H,6-9H2,1-2H3,(H,16,18). The van der Waals surface area contributed by atoms with E-state index in [1.165, 1.54) is 5.56 Å². The molecule has 98 valence electrons. The van der Waals surface area contributed by atoms with E-state index in [-0.39, 0.29) is 11.8 Å². The number of carbonyl (C=O) groups excluding carboxylic acids is 1. The number of hydrogen-bond acceptors (Lipinski definition) is 2. The van der Waals surface area contributed by atoms with E-state index in [1.54, 1.807) is 7.05 Å². The summed E-state index contributed by atoms with van der Waals surface area (Å²) in [5.74, 6) is 0.595. The van der Waals surface area contributed by atoms with Crippen molar-refractivity contribution in [1.82, 2.24) is 10.6 Å². The van der Waals surface area contributed by atoms with Gasteiger partial charge in [-0.2, -0.15) is 0 Å². The van der Waals surface area contributed by atoms with Crippen molar-refractivity contribution in [2.24, 2.45) is 5.92 Å². The molecule has 2 rings (SSSR count). The molecule has 1 fully saturated rings. The van der Waals surface area contributed by atoms with Crippen LogP contribution in [0.5, 0.6) is 0 Å². The number of nitrogens with one attached hydrogen (secondary N) is 2. The fourth-order valence-corrected chi connectivity index (χ4v) is 2.83. The molecule has 1 amide bonds. The number of piperidine rings is 1. The molecular formula is C15H22N2O. The zero-order chi connectivity index (χ0) is 13.0. The lowest BCUT2D eigenvalue weighted by atomic mass is 9.79. The molecule has 0 aliphatic carbocycles. The van der Waals surface area contributed by atoms with Crippen molar-refractivity contribution in [3.05, 3.63) is 35.4 Å². The normalized spacial score (nSPS) is 18.3. The molecule has 1 aromatic rings. The minimum Gasteiger partial charge on any atom is -0.359 e. The van der Waals surface area contributed by atoms with Crippen LogP contribution >= 0.6 is 0 Å². The third-order valence-corrected chi connectivity index (χ3v) is 3.79. The number of likely N-dealkylation sites (N-methyl/N-ethyl adjacent to an activating group) is 1. The van der Waals surface area contributed by atoms with Crippen LogP contribution in [0.3, 0.4) is 0 Å². The molecule has 0 aromatic heterocycles. The van der Waals surface area contributed by atoms with Gasteiger partial charge in [-0.15, -0.1) is 0 Å². The largest absolute Gasteiger partial charge is 0.359 e. The molecule has 0 spiro atoms. The lowest BCUT2D eigenvalue weighted by molar-refractivity contribution is -0.123. The van der Waals surface area contributed by atoms with Crippen molar-refractivity contribution in [2.45, 2.75) is 25.7 Å².